The molecule has 1 unspecified atom stereocenters. The van der Waals surface area contributed by atoms with E-state index in [9.17, 15) is 8.42 Å². The highest BCUT2D eigenvalue weighted by Gasteiger charge is 2.15. The fourth-order valence-corrected chi connectivity index (χ4v) is 2.94. The predicted molar refractivity (Wildman–Crippen MR) is 66.5 cm³/mol. The van der Waals surface area contributed by atoms with Crippen LogP contribution in [-0.2, 0) is 9.84 Å². The average molecular weight is 262 g/mol. The van der Waals surface area contributed by atoms with Crippen molar-refractivity contribution in [3.05, 3.63) is 28.8 Å². The van der Waals surface area contributed by atoms with Crippen LogP contribution in [0.3, 0.4) is 0 Å². The number of halogens is 1. The number of hydrogen-bond donors (Lipinski definition) is 1. The second-order valence-electron chi connectivity index (χ2n) is 4.00. The normalized spacial score (nSPS) is 13.8. The lowest BCUT2D eigenvalue weighted by Crippen LogP contribution is -2.20. The minimum Gasteiger partial charge on any atom is -0.328 e. The molecule has 90 valence electrons. The summed E-state index contributed by atoms with van der Waals surface area (Å²) < 4.78 is 23.8. The van der Waals surface area contributed by atoms with Crippen LogP contribution in [0.4, 0.5) is 0 Å². The first-order valence-electron chi connectivity index (χ1n) is 5.07. The first-order valence-corrected chi connectivity index (χ1v) is 7.10. The zero-order chi connectivity index (χ0) is 12.3. The summed E-state index contributed by atoms with van der Waals surface area (Å²) in [6.45, 7) is 3.58. The lowest BCUT2D eigenvalue weighted by molar-refractivity contribution is 0.587. The molecule has 0 aliphatic rings. The van der Waals surface area contributed by atoms with E-state index in [0.29, 0.717) is 16.3 Å². The standard InChI is InChI=1S/C11H16ClNO2S/c1-8-7-10(3-4-11(8)12)16(14,15)6-5-9(2)13/h3-4,7,9H,5-6,13H2,1-2H3. The molecule has 0 aliphatic carbocycles. The fraction of sp³-hybridized carbons (Fsp3) is 0.455. The van der Waals surface area contributed by atoms with E-state index in [1.807, 2.05) is 0 Å². The molecule has 5 heteroatoms. The first-order chi connectivity index (χ1) is 7.33. The summed E-state index contributed by atoms with van der Waals surface area (Å²) in [5.41, 5.74) is 6.31. The van der Waals surface area contributed by atoms with Crippen LogP contribution in [0.1, 0.15) is 18.9 Å². The third-order valence-corrected chi connectivity index (χ3v) is 4.50. The van der Waals surface area contributed by atoms with Crippen molar-refractivity contribution >= 4 is 21.4 Å². The van der Waals surface area contributed by atoms with Crippen molar-refractivity contribution in [1.82, 2.24) is 0 Å². The average Bonchev–Trinajstić information content (AvgIpc) is 2.19. The Morgan fingerprint density at radius 1 is 1.44 bits per heavy atom. The van der Waals surface area contributed by atoms with Gasteiger partial charge in [-0.3, -0.25) is 0 Å². The maximum atomic E-state index is 11.9. The number of hydrogen-bond acceptors (Lipinski definition) is 3. The Hall–Kier alpha value is -0.580. The molecule has 0 bridgehead atoms. The number of rotatable bonds is 4. The molecule has 1 aromatic carbocycles. The molecule has 0 saturated carbocycles. The van der Waals surface area contributed by atoms with E-state index in [2.05, 4.69) is 0 Å². The smallest absolute Gasteiger partial charge is 0.178 e. The molecule has 0 heterocycles. The van der Waals surface area contributed by atoms with Gasteiger partial charge in [-0.05, 0) is 44.0 Å². The molecule has 0 fully saturated rings. The molecule has 0 radical (unpaired) electrons. The topological polar surface area (TPSA) is 60.2 Å². The van der Waals surface area contributed by atoms with Crippen LogP contribution >= 0.6 is 11.6 Å². The summed E-state index contributed by atoms with van der Waals surface area (Å²) in [4.78, 5) is 0.315. The van der Waals surface area contributed by atoms with Gasteiger partial charge < -0.3 is 5.73 Å². The Kier molecular flexibility index (Phi) is 4.35. The predicted octanol–water partition coefficient (Wildman–Crippen LogP) is 2.16. The summed E-state index contributed by atoms with van der Waals surface area (Å²) in [6, 6.07) is 4.63. The Morgan fingerprint density at radius 3 is 2.56 bits per heavy atom. The number of nitrogens with two attached hydrogens (primary N) is 1. The van der Waals surface area contributed by atoms with Crippen LogP contribution < -0.4 is 5.73 Å². The Bertz CT molecular complexity index is 469. The minimum atomic E-state index is -3.23. The summed E-state index contributed by atoms with van der Waals surface area (Å²) in [7, 11) is -3.23. The van der Waals surface area contributed by atoms with Gasteiger partial charge in [0.05, 0.1) is 10.6 Å². The van der Waals surface area contributed by atoms with Crippen LogP contribution in [0.25, 0.3) is 0 Å². The van der Waals surface area contributed by atoms with E-state index < -0.39 is 9.84 Å². The summed E-state index contributed by atoms with van der Waals surface area (Å²) in [5, 5.41) is 0.575. The first kappa shape index (κ1) is 13.5. The van der Waals surface area contributed by atoms with Crippen molar-refractivity contribution in [2.24, 2.45) is 5.73 Å². The van der Waals surface area contributed by atoms with E-state index in [4.69, 9.17) is 17.3 Å². The van der Waals surface area contributed by atoms with E-state index >= 15 is 0 Å². The van der Waals surface area contributed by atoms with Gasteiger partial charge in [0.25, 0.3) is 0 Å². The van der Waals surface area contributed by atoms with Gasteiger partial charge in [-0.25, -0.2) is 8.42 Å². The van der Waals surface area contributed by atoms with Crippen molar-refractivity contribution in [2.75, 3.05) is 5.75 Å². The van der Waals surface area contributed by atoms with E-state index in [1.54, 1.807) is 26.0 Å². The zero-order valence-electron chi connectivity index (χ0n) is 9.40. The van der Waals surface area contributed by atoms with Gasteiger partial charge in [0.2, 0.25) is 0 Å². The van der Waals surface area contributed by atoms with Crippen LogP contribution in [0.15, 0.2) is 23.1 Å². The molecule has 0 aliphatic heterocycles. The molecule has 0 amide bonds. The second-order valence-corrected chi connectivity index (χ2v) is 6.51. The highest BCUT2D eigenvalue weighted by atomic mass is 35.5. The van der Waals surface area contributed by atoms with Crippen molar-refractivity contribution in [3.63, 3.8) is 0 Å². The number of sulfone groups is 1. The Labute approximate surface area is 102 Å². The Morgan fingerprint density at radius 2 is 2.06 bits per heavy atom. The molecule has 3 nitrogen and oxygen atoms in total. The van der Waals surface area contributed by atoms with Crippen molar-refractivity contribution < 1.29 is 8.42 Å². The molecule has 1 rings (SSSR count). The molecule has 0 spiro atoms. The fourth-order valence-electron chi connectivity index (χ4n) is 1.27. The minimum absolute atomic E-state index is 0.0751. The van der Waals surface area contributed by atoms with Gasteiger partial charge in [0, 0.05) is 11.1 Å². The third kappa shape index (κ3) is 3.47. The van der Waals surface area contributed by atoms with Crippen LogP contribution in [0.2, 0.25) is 5.02 Å². The van der Waals surface area contributed by atoms with Crippen LogP contribution in [0.5, 0.6) is 0 Å². The zero-order valence-corrected chi connectivity index (χ0v) is 11.0. The van der Waals surface area contributed by atoms with Gasteiger partial charge in [0.15, 0.2) is 9.84 Å². The van der Waals surface area contributed by atoms with E-state index in [0.717, 1.165) is 5.56 Å². The summed E-state index contributed by atoms with van der Waals surface area (Å²) >= 11 is 5.84. The quantitative estimate of drug-likeness (QED) is 0.904. The Balaban J connectivity index is 2.94. The van der Waals surface area contributed by atoms with Gasteiger partial charge in [-0.2, -0.15) is 0 Å². The molecule has 0 aromatic heterocycles. The number of benzene rings is 1. The van der Waals surface area contributed by atoms with Gasteiger partial charge in [-0.15, -0.1) is 0 Å². The maximum Gasteiger partial charge on any atom is 0.178 e. The molecular formula is C11H16ClNO2S. The maximum absolute atomic E-state index is 11.9. The molecular weight excluding hydrogens is 246 g/mol. The van der Waals surface area contributed by atoms with Crippen LogP contribution in [0, 0.1) is 6.92 Å². The second kappa shape index (κ2) is 5.17. The summed E-state index contributed by atoms with van der Waals surface area (Å²) in [6.07, 6.45) is 0.462. The third-order valence-electron chi connectivity index (χ3n) is 2.33. The molecule has 0 saturated heterocycles. The summed E-state index contributed by atoms with van der Waals surface area (Å²) in [5.74, 6) is 0.0751. The van der Waals surface area contributed by atoms with Crippen molar-refractivity contribution in [2.45, 2.75) is 31.2 Å². The van der Waals surface area contributed by atoms with E-state index in [1.165, 1.54) is 6.07 Å². The van der Waals surface area contributed by atoms with Crippen molar-refractivity contribution in [1.29, 1.82) is 0 Å². The van der Waals surface area contributed by atoms with Gasteiger partial charge >= 0.3 is 0 Å². The monoisotopic (exact) mass is 261 g/mol. The molecule has 2 N–H and O–H groups in total. The van der Waals surface area contributed by atoms with Crippen LogP contribution in [-0.4, -0.2) is 20.2 Å². The largest absolute Gasteiger partial charge is 0.328 e. The van der Waals surface area contributed by atoms with E-state index in [-0.39, 0.29) is 11.8 Å². The van der Waals surface area contributed by atoms with Crippen molar-refractivity contribution in [3.8, 4) is 0 Å². The molecule has 1 atom stereocenters. The van der Waals surface area contributed by atoms with Gasteiger partial charge in [-0.1, -0.05) is 11.6 Å². The van der Waals surface area contributed by atoms with Gasteiger partial charge in [0.1, 0.15) is 0 Å². The molecule has 16 heavy (non-hydrogen) atoms. The molecule has 1 aromatic rings. The SMILES string of the molecule is Cc1cc(S(=O)(=O)CCC(C)N)ccc1Cl. The lowest BCUT2D eigenvalue weighted by atomic mass is 10.2. The number of aryl methyl sites for hydroxylation is 1. The lowest BCUT2D eigenvalue weighted by Gasteiger charge is -2.08. The highest BCUT2D eigenvalue weighted by molar-refractivity contribution is 7.91. The highest BCUT2D eigenvalue weighted by Crippen LogP contribution is 2.20.